The fourth-order valence-corrected chi connectivity index (χ4v) is 4.91. The number of carbonyl (C=O) groups is 1. The van der Waals surface area contributed by atoms with Gasteiger partial charge >= 0.3 is 0 Å². The third-order valence-corrected chi connectivity index (χ3v) is 6.63. The molecular formula is C25H29ClN2O. The van der Waals surface area contributed by atoms with Crippen molar-refractivity contribution < 1.29 is 4.79 Å². The van der Waals surface area contributed by atoms with Crippen LogP contribution in [0.4, 0.5) is 0 Å². The van der Waals surface area contributed by atoms with Gasteiger partial charge in [0.2, 0.25) is 5.91 Å². The lowest BCUT2D eigenvalue weighted by Crippen LogP contribution is -2.29. The van der Waals surface area contributed by atoms with Crippen LogP contribution in [0.3, 0.4) is 0 Å². The smallest absolute Gasteiger partial charge is 0.220 e. The van der Waals surface area contributed by atoms with Crippen LogP contribution in [0.1, 0.15) is 62.0 Å². The van der Waals surface area contributed by atoms with Crippen molar-refractivity contribution in [1.29, 1.82) is 0 Å². The van der Waals surface area contributed by atoms with E-state index in [1.54, 1.807) is 0 Å². The molecule has 1 aromatic heterocycles. The molecule has 3 aromatic rings. The van der Waals surface area contributed by atoms with Crippen molar-refractivity contribution in [2.45, 2.75) is 50.9 Å². The van der Waals surface area contributed by atoms with Gasteiger partial charge in [0.15, 0.2) is 0 Å². The maximum atomic E-state index is 12.6. The van der Waals surface area contributed by atoms with Crippen molar-refractivity contribution in [3.63, 3.8) is 0 Å². The van der Waals surface area contributed by atoms with Crippen LogP contribution in [-0.4, -0.2) is 17.4 Å². The van der Waals surface area contributed by atoms with Crippen molar-refractivity contribution >= 4 is 28.4 Å². The fourth-order valence-electron chi connectivity index (χ4n) is 4.64. The molecule has 1 atom stereocenters. The maximum absolute atomic E-state index is 12.6. The molecule has 1 fully saturated rings. The van der Waals surface area contributed by atoms with Crippen LogP contribution in [0.5, 0.6) is 0 Å². The molecule has 1 aliphatic carbocycles. The molecule has 0 saturated heterocycles. The van der Waals surface area contributed by atoms with Gasteiger partial charge in [0.1, 0.15) is 0 Å². The molecule has 3 nitrogen and oxygen atoms in total. The van der Waals surface area contributed by atoms with Crippen molar-refractivity contribution in [3.05, 3.63) is 70.9 Å². The summed E-state index contributed by atoms with van der Waals surface area (Å²) in [5, 5.41) is 5.10. The van der Waals surface area contributed by atoms with Crippen LogP contribution in [-0.2, 0) is 4.79 Å². The van der Waals surface area contributed by atoms with Gasteiger partial charge in [-0.1, -0.05) is 80.1 Å². The Morgan fingerprint density at radius 1 is 1.03 bits per heavy atom. The summed E-state index contributed by atoms with van der Waals surface area (Å²) in [6.45, 7) is 0.551. The Labute approximate surface area is 177 Å². The van der Waals surface area contributed by atoms with Crippen LogP contribution in [0.25, 0.3) is 10.9 Å². The third kappa shape index (κ3) is 4.84. The zero-order valence-corrected chi connectivity index (χ0v) is 17.5. The standard InChI is InChI=1S/C25H29ClN2O/c26-23-12-6-4-10-19(23)21(22-16-27-24-13-7-5-11-20(22)24)17-28-25(29)15-14-18-8-2-1-3-9-18/h4-7,10-13,16,18,21,27H,1-3,8-9,14-15,17H2,(H,28,29)/t21-/m1/s1. The van der Waals surface area contributed by atoms with E-state index in [-0.39, 0.29) is 11.8 Å². The van der Waals surface area contributed by atoms with E-state index in [0.717, 1.165) is 28.4 Å². The van der Waals surface area contributed by atoms with Crippen LogP contribution in [0.2, 0.25) is 5.02 Å². The number of rotatable bonds is 7. The second-order valence-corrected chi connectivity index (χ2v) is 8.62. The van der Waals surface area contributed by atoms with E-state index in [4.69, 9.17) is 11.6 Å². The summed E-state index contributed by atoms with van der Waals surface area (Å²) in [4.78, 5) is 15.9. The van der Waals surface area contributed by atoms with Gasteiger partial charge in [-0.15, -0.1) is 0 Å². The Morgan fingerprint density at radius 3 is 2.62 bits per heavy atom. The molecule has 0 spiro atoms. The van der Waals surface area contributed by atoms with E-state index in [1.807, 2.05) is 36.5 Å². The molecule has 0 unspecified atom stereocenters. The number of aromatic nitrogens is 1. The third-order valence-electron chi connectivity index (χ3n) is 6.29. The largest absolute Gasteiger partial charge is 0.361 e. The van der Waals surface area contributed by atoms with Crippen LogP contribution in [0.15, 0.2) is 54.7 Å². The number of halogens is 1. The monoisotopic (exact) mass is 408 g/mol. The first kappa shape index (κ1) is 20.0. The average molecular weight is 409 g/mol. The second-order valence-electron chi connectivity index (χ2n) is 8.21. The summed E-state index contributed by atoms with van der Waals surface area (Å²) in [7, 11) is 0. The molecule has 4 rings (SSSR count). The van der Waals surface area contributed by atoms with Gasteiger partial charge < -0.3 is 10.3 Å². The lowest BCUT2D eigenvalue weighted by Gasteiger charge is -2.22. The lowest BCUT2D eigenvalue weighted by molar-refractivity contribution is -0.121. The summed E-state index contributed by atoms with van der Waals surface area (Å²) in [6, 6.07) is 16.2. The molecule has 1 saturated carbocycles. The molecule has 2 aromatic carbocycles. The number of amides is 1. The number of H-pyrrole nitrogens is 1. The molecule has 0 radical (unpaired) electrons. The Bertz CT molecular complexity index is 958. The van der Waals surface area contributed by atoms with Gasteiger partial charge in [-0.3, -0.25) is 4.79 Å². The second kappa shape index (κ2) is 9.49. The predicted octanol–water partition coefficient (Wildman–Crippen LogP) is 6.43. The SMILES string of the molecule is O=C(CCC1CCCCC1)NC[C@H](c1ccccc1Cl)c1c[nH]c2ccccc12. The van der Waals surface area contributed by atoms with Gasteiger partial charge in [0.05, 0.1) is 0 Å². The molecule has 0 aliphatic heterocycles. The van der Waals surface area contributed by atoms with E-state index >= 15 is 0 Å². The summed E-state index contributed by atoms with van der Waals surface area (Å²) >= 11 is 6.54. The van der Waals surface area contributed by atoms with Crippen molar-refractivity contribution in [3.8, 4) is 0 Å². The first-order chi connectivity index (χ1) is 14.2. The highest BCUT2D eigenvalue weighted by molar-refractivity contribution is 6.31. The molecule has 1 aliphatic rings. The number of hydrogen-bond donors (Lipinski definition) is 2. The number of aromatic amines is 1. The van der Waals surface area contributed by atoms with Crippen LogP contribution in [0, 0.1) is 5.92 Å². The zero-order chi connectivity index (χ0) is 20.1. The van der Waals surface area contributed by atoms with Gasteiger partial charge in [0.25, 0.3) is 0 Å². The summed E-state index contributed by atoms with van der Waals surface area (Å²) in [5.41, 5.74) is 3.32. The van der Waals surface area contributed by atoms with E-state index in [0.29, 0.717) is 13.0 Å². The van der Waals surface area contributed by atoms with E-state index < -0.39 is 0 Å². The number of hydrogen-bond acceptors (Lipinski definition) is 1. The lowest BCUT2D eigenvalue weighted by atomic mass is 9.86. The summed E-state index contributed by atoms with van der Waals surface area (Å²) in [5.74, 6) is 0.883. The number of fused-ring (bicyclic) bond motifs is 1. The van der Waals surface area contributed by atoms with E-state index in [1.165, 1.54) is 43.1 Å². The maximum Gasteiger partial charge on any atom is 0.220 e. The highest BCUT2D eigenvalue weighted by Crippen LogP contribution is 2.34. The number of para-hydroxylation sites is 1. The molecule has 1 amide bonds. The first-order valence-electron chi connectivity index (χ1n) is 10.8. The minimum absolute atomic E-state index is 0.0125. The van der Waals surface area contributed by atoms with Crippen LogP contribution < -0.4 is 5.32 Å². The molecule has 152 valence electrons. The number of nitrogens with one attached hydrogen (secondary N) is 2. The minimum Gasteiger partial charge on any atom is -0.361 e. The van der Waals surface area contributed by atoms with Crippen LogP contribution >= 0.6 is 11.6 Å². The molecule has 2 N–H and O–H groups in total. The quantitative estimate of drug-likeness (QED) is 0.464. The topological polar surface area (TPSA) is 44.9 Å². The van der Waals surface area contributed by atoms with Gasteiger partial charge in [-0.2, -0.15) is 0 Å². The van der Waals surface area contributed by atoms with Crippen molar-refractivity contribution in [2.75, 3.05) is 6.54 Å². The Kier molecular flexibility index (Phi) is 6.56. The minimum atomic E-state index is 0.0125. The first-order valence-corrected chi connectivity index (χ1v) is 11.2. The Morgan fingerprint density at radius 2 is 1.79 bits per heavy atom. The van der Waals surface area contributed by atoms with Crippen molar-refractivity contribution in [1.82, 2.24) is 10.3 Å². The molecular weight excluding hydrogens is 380 g/mol. The number of carbonyl (C=O) groups excluding carboxylic acids is 1. The fraction of sp³-hybridized carbons (Fsp3) is 0.400. The van der Waals surface area contributed by atoms with Crippen molar-refractivity contribution in [2.24, 2.45) is 5.92 Å². The zero-order valence-electron chi connectivity index (χ0n) is 16.8. The molecule has 0 bridgehead atoms. The molecule has 1 heterocycles. The summed E-state index contributed by atoms with van der Waals surface area (Å²) < 4.78 is 0. The normalized spacial score (nSPS) is 16.0. The Hall–Kier alpha value is -2.26. The van der Waals surface area contributed by atoms with Gasteiger partial charge in [-0.05, 0) is 35.6 Å². The van der Waals surface area contributed by atoms with Gasteiger partial charge in [-0.25, -0.2) is 0 Å². The van der Waals surface area contributed by atoms with E-state index in [9.17, 15) is 4.79 Å². The predicted molar refractivity (Wildman–Crippen MR) is 120 cm³/mol. The average Bonchev–Trinajstić information content (AvgIpc) is 3.18. The summed E-state index contributed by atoms with van der Waals surface area (Å²) in [6.07, 6.45) is 10.2. The van der Waals surface area contributed by atoms with E-state index in [2.05, 4.69) is 28.5 Å². The highest BCUT2D eigenvalue weighted by Gasteiger charge is 2.21. The Balaban J connectivity index is 1.49. The molecule has 29 heavy (non-hydrogen) atoms. The molecule has 4 heteroatoms. The highest BCUT2D eigenvalue weighted by atomic mass is 35.5. The number of benzene rings is 2. The van der Waals surface area contributed by atoms with Gasteiger partial charge in [0, 0.05) is 41.0 Å².